The summed E-state index contributed by atoms with van der Waals surface area (Å²) >= 11 is 0. The van der Waals surface area contributed by atoms with Gasteiger partial charge in [0.1, 0.15) is 0 Å². The van der Waals surface area contributed by atoms with Crippen LogP contribution in [0.15, 0.2) is 0 Å². The van der Waals surface area contributed by atoms with Crippen molar-refractivity contribution in [2.75, 3.05) is 13.7 Å². The maximum atomic E-state index is 6.57. The summed E-state index contributed by atoms with van der Waals surface area (Å²) in [6.45, 7) is 20.6. The molecule has 0 saturated carbocycles. The molecule has 0 aromatic rings. The van der Waals surface area contributed by atoms with Gasteiger partial charge < -0.3 is 17.1 Å². The van der Waals surface area contributed by atoms with Crippen molar-refractivity contribution < 1.29 is 17.1 Å². The third kappa shape index (κ3) is 11.9. The van der Waals surface area contributed by atoms with Crippen molar-refractivity contribution in [2.45, 2.75) is 71.4 Å². The average molecular weight is 369 g/mol. The van der Waals surface area contributed by atoms with Crippen LogP contribution in [0.2, 0.25) is 65.0 Å². The first-order valence-corrected chi connectivity index (χ1v) is 19.9. The monoisotopic (exact) mass is 368 g/mol. The lowest BCUT2D eigenvalue weighted by molar-refractivity contribution is 0.195. The number of rotatable bonds is 10. The van der Waals surface area contributed by atoms with E-state index in [1.807, 2.05) is 0 Å². The molecule has 0 N–H and O–H groups in total. The Balaban J connectivity index is 4.95. The fraction of sp³-hybridized carbons (Fsp3) is 1.00. The second-order valence-corrected chi connectivity index (χ2v) is 24.6. The number of hydrogen-bond acceptors (Lipinski definition) is 4. The Labute approximate surface area is 136 Å². The van der Waals surface area contributed by atoms with E-state index >= 15 is 0 Å². The number of ether oxygens (including phenoxy) is 1. The summed E-state index contributed by atoms with van der Waals surface area (Å²) in [6.07, 6.45) is 0.987. The van der Waals surface area contributed by atoms with Crippen molar-refractivity contribution in [3.63, 3.8) is 0 Å². The molecule has 0 fully saturated rings. The molecule has 0 spiro atoms. The summed E-state index contributed by atoms with van der Waals surface area (Å²) in [7, 11) is -5.87. The second-order valence-electron chi connectivity index (χ2n) is 8.16. The van der Waals surface area contributed by atoms with Crippen molar-refractivity contribution in [2.24, 2.45) is 0 Å². The van der Waals surface area contributed by atoms with Gasteiger partial charge in [-0.1, -0.05) is 0 Å². The van der Waals surface area contributed by atoms with Crippen LogP contribution in [0.5, 0.6) is 0 Å². The van der Waals surface area contributed by atoms with Gasteiger partial charge in [-0.2, -0.15) is 0 Å². The second kappa shape index (κ2) is 8.00. The summed E-state index contributed by atoms with van der Waals surface area (Å²) < 4.78 is 24.6. The standard InChI is InChI=1S/C13H36O4Si4/c1-14-12-11-13-21(10,16-19(5,6)7)17-20(8,9)15-18(2,3)4/h11-13H2,1-10H3. The largest absolute Gasteiger partial charge is 0.437 e. The highest BCUT2D eigenvalue weighted by molar-refractivity contribution is 6.89. The van der Waals surface area contributed by atoms with E-state index in [4.69, 9.17) is 17.1 Å². The fourth-order valence-corrected chi connectivity index (χ4v) is 20.5. The molecule has 21 heavy (non-hydrogen) atoms. The molecule has 0 rings (SSSR count). The van der Waals surface area contributed by atoms with Crippen LogP contribution in [0, 0.1) is 0 Å². The zero-order valence-corrected chi connectivity index (χ0v) is 19.8. The molecular weight excluding hydrogens is 332 g/mol. The van der Waals surface area contributed by atoms with E-state index < -0.39 is 33.8 Å². The molecule has 0 aliphatic carbocycles. The SMILES string of the molecule is COCCC[Si](C)(O[Si](C)(C)C)O[Si](C)(C)O[Si](C)(C)C. The molecule has 0 saturated heterocycles. The molecule has 0 heterocycles. The third-order valence-corrected chi connectivity index (χ3v) is 16.1. The Morgan fingerprint density at radius 1 is 0.667 bits per heavy atom. The normalized spacial score (nSPS) is 16.9. The fourth-order valence-electron chi connectivity index (χ4n) is 2.59. The van der Waals surface area contributed by atoms with E-state index in [0.717, 1.165) is 19.1 Å². The van der Waals surface area contributed by atoms with Gasteiger partial charge in [0.25, 0.3) is 0 Å². The molecular formula is C13H36O4Si4. The topological polar surface area (TPSA) is 36.9 Å². The number of methoxy groups -OCH3 is 1. The van der Waals surface area contributed by atoms with Crippen molar-refractivity contribution in [3.8, 4) is 0 Å². The predicted octanol–water partition coefficient (Wildman–Crippen LogP) is 4.52. The van der Waals surface area contributed by atoms with Gasteiger partial charge in [-0.05, 0) is 71.4 Å². The van der Waals surface area contributed by atoms with Crippen LogP contribution in [0.3, 0.4) is 0 Å². The Bertz CT molecular complexity index is 312. The minimum Gasteiger partial charge on any atom is -0.437 e. The van der Waals surface area contributed by atoms with Crippen LogP contribution in [0.4, 0.5) is 0 Å². The van der Waals surface area contributed by atoms with Crippen molar-refractivity contribution in [1.82, 2.24) is 0 Å². The smallest absolute Gasteiger partial charge is 0.315 e. The summed E-state index contributed by atoms with van der Waals surface area (Å²) in [5.74, 6) is 0. The first kappa shape index (κ1) is 21.7. The molecule has 128 valence electrons. The molecule has 8 heteroatoms. The van der Waals surface area contributed by atoms with Gasteiger partial charge in [0, 0.05) is 13.7 Å². The maximum absolute atomic E-state index is 6.57. The highest BCUT2D eigenvalue weighted by Gasteiger charge is 2.44. The Morgan fingerprint density at radius 3 is 1.52 bits per heavy atom. The summed E-state index contributed by atoms with van der Waals surface area (Å²) in [4.78, 5) is 0. The van der Waals surface area contributed by atoms with Crippen LogP contribution < -0.4 is 0 Å². The summed E-state index contributed by atoms with van der Waals surface area (Å²) in [5, 5.41) is 0. The van der Waals surface area contributed by atoms with E-state index in [1.165, 1.54) is 0 Å². The summed E-state index contributed by atoms with van der Waals surface area (Å²) in [5.41, 5.74) is 0. The van der Waals surface area contributed by atoms with Crippen molar-refractivity contribution in [1.29, 1.82) is 0 Å². The predicted molar refractivity (Wildman–Crippen MR) is 100 cm³/mol. The molecule has 0 aromatic carbocycles. The third-order valence-electron chi connectivity index (χ3n) is 2.52. The molecule has 1 unspecified atom stereocenters. The van der Waals surface area contributed by atoms with Crippen LogP contribution in [-0.4, -0.2) is 47.5 Å². The molecule has 0 aliphatic heterocycles. The van der Waals surface area contributed by atoms with Crippen LogP contribution in [0.1, 0.15) is 6.42 Å². The molecule has 0 aliphatic rings. The maximum Gasteiger partial charge on any atom is 0.315 e. The van der Waals surface area contributed by atoms with Gasteiger partial charge in [-0.3, -0.25) is 0 Å². The minimum absolute atomic E-state index is 0.762. The van der Waals surface area contributed by atoms with Gasteiger partial charge in [0.15, 0.2) is 16.6 Å². The van der Waals surface area contributed by atoms with Gasteiger partial charge >= 0.3 is 17.1 Å². The van der Waals surface area contributed by atoms with E-state index in [-0.39, 0.29) is 0 Å². The van der Waals surface area contributed by atoms with Gasteiger partial charge in [0.05, 0.1) is 0 Å². The lowest BCUT2D eigenvalue weighted by atomic mass is 10.5. The zero-order chi connectivity index (χ0) is 16.9. The minimum atomic E-state index is -2.22. The van der Waals surface area contributed by atoms with Gasteiger partial charge in [-0.25, -0.2) is 0 Å². The van der Waals surface area contributed by atoms with Crippen molar-refractivity contribution >= 4 is 33.8 Å². The van der Waals surface area contributed by atoms with Crippen LogP contribution >= 0.6 is 0 Å². The van der Waals surface area contributed by atoms with E-state index in [9.17, 15) is 0 Å². The van der Waals surface area contributed by atoms with Gasteiger partial charge in [-0.15, -0.1) is 0 Å². The Hall–Kier alpha value is 0.708. The highest BCUT2D eigenvalue weighted by Crippen LogP contribution is 2.27. The molecule has 0 aromatic heterocycles. The van der Waals surface area contributed by atoms with Crippen molar-refractivity contribution in [3.05, 3.63) is 0 Å². The number of hydrogen-bond donors (Lipinski definition) is 0. The molecule has 0 radical (unpaired) electrons. The summed E-state index contributed by atoms with van der Waals surface area (Å²) in [6, 6.07) is 0.969. The van der Waals surface area contributed by atoms with E-state index in [2.05, 4.69) is 58.9 Å². The van der Waals surface area contributed by atoms with Gasteiger partial charge in [0.2, 0.25) is 0 Å². The molecule has 1 atom stereocenters. The van der Waals surface area contributed by atoms with E-state index in [1.54, 1.807) is 7.11 Å². The van der Waals surface area contributed by atoms with Crippen LogP contribution in [0.25, 0.3) is 0 Å². The molecule has 0 amide bonds. The Kier molecular flexibility index (Phi) is 8.27. The first-order valence-electron chi connectivity index (χ1n) is 7.78. The highest BCUT2D eigenvalue weighted by atomic mass is 28.5. The zero-order valence-electron chi connectivity index (χ0n) is 15.8. The van der Waals surface area contributed by atoms with E-state index in [0.29, 0.717) is 0 Å². The quantitative estimate of drug-likeness (QED) is 0.420. The molecule has 4 nitrogen and oxygen atoms in total. The lowest BCUT2D eigenvalue weighted by Crippen LogP contribution is -2.56. The average Bonchev–Trinajstić information content (AvgIpc) is 2.08. The lowest BCUT2D eigenvalue weighted by Gasteiger charge is -2.41. The van der Waals surface area contributed by atoms with Crippen LogP contribution in [-0.2, 0) is 17.1 Å². The first-order chi connectivity index (χ1) is 9.18. The Morgan fingerprint density at radius 2 is 1.14 bits per heavy atom. The molecule has 0 bridgehead atoms.